The van der Waals surface area contributed by atoms with E-state index in [-0.39, 0.29) is 11.7 Å². The molecule has 0 bridgehead atoms. The lowest BCUT2D eigenvalue weighted by Gasteiger charge is -2.17. The Bertz CT molecular complexity index is 259. The lowest BCUT2D eigenvalue weighted by Crippen LogP contribution is -2.19. The largest absolute Gasteiger partial charge is 0.286 e. The number of unbranched alkanes of at least 4 members (excludes halogenated alkanes) is 1. The Labute approximate surface area is 86.6 Å². The molecular formula is C10H20O3S. The highest BCUT2D eigenvalue weighted by molar-refractivity contribution is 7.85. The molecule has 1 saturated carbocycles. The van der Waals surface area contributed by atoms with Gasteiger partial charge in [-0.05, 0) is 18.3 Å². The number of hydrogen-bond acceptors (Lipinski definition) is 2. The van der Waals surface area contributed by atoms with Crippen LogP contribution in [0.5, 0.6) is 0 Å². The van der Waals surface area contributed by atoms with Crippen molar-refractivity contribution < 1.29 is 13.0 Å². The third-order valence-electron chi connectivity index (χ3n) is 3.17. The molecule has 0 aromatic rings. The van der Waals surface area contributed by atoms with Gasteiger partial charge in [-0.15, -0.1) is 0 Å². The Morgan fingerprint density at radius 3 is 2.50 bits per heavy atom. The first kappa shape index (κ1) is 12.0. The number of hydrogen-bond donors (Lipinski definition) is 1. The molecule has 0 amide bonds. The zero-order valence-electron chi connectivity index (χ0n) is 8.78. The zero-order chi connectivity index (χ0) is 10.6. The maximum absolute atomic E-state index is 10.8. The van der Waals surface area contributed by atoms with Gasteiger partial charge in [0.1, 0.15) is 0 Å². The summed E-state index contributed by atoms with van der Waals surface area (Å²) in [6.07, 6.45) is 6.68. The SMILES string of the molecule is CCCCC1CCC[C@@H]1CS(=O)(=O)O. The van der Waals surface area contributed by atoms with Crippen LogP contribution in [0.25, 0.3) is 0 Å². The van der Waals surface area contributed by atoms with Gasteiger partial charge in [0.15, 0.2) is 0 Å². The van der Waals surface area contributed by atoms with Crippen LogP contribution in [-0.2, 0) is 10.1 Å². The Morgan fingerprint density at radius 1 is 1.29 bits per heavy atom. The van der Waals surface area contributed by atoms with Gasteiger partial charge in [-0.25, -0.2) is 0 Å². The molecule has 3 nitrogen and oxygen atoms in total. The van der Waals surface area contributed by atoms with Crippen molar-refractivity contribution in [1.29, 1.82) is 0 Å². The standard InChI is InChI=1S/C10H20O3S/c1-2-3-5-9-6-4-7-10(9)8-14(11,12)13/h9-10H,2-8H2,1H3,(H,11,12,13)/t9?,10-/m1/s1. The molecule has 0 aromatic carbocycles. The molecule has 0 saturated heterocycles. The van der Waals surface area contributed by atoms with Crippen LogP contribution in [0.4, 0.5) is 0 Å². The maximum Gasteiger partial charge on any atom is 0.265 e. The summed E-state index contributed by atoms with van der Waals surface area (Å²) in [7, 11) is -3.77. The Hall–Kier alpha value is -0.0900. The molecule has 0 aromatic heterocycles. The van der Waals surface area contributed by atoms with E-state index in [9.17, 15) is 8.42 Å². The van der Waals surface area contributed by atoms with Crippen molar-refractivity contribution in [2.24, 2.45) is 11.8 Å². The molecule has 14 heavy (non-hydrogen) atoms. The van der Waals surface area contributed by atoms with Crippen molar-refractivity contribution in [3.8, 4) is 0 Å². The van der Waals surface area contributed by atoms with Crippen LogP contribution in [0.2, 0.25) is 0 Å². The van der Waals surface area contributed by atoms with Gasteiger partial charge in [0.2, 0.25) is 0 Å². The van der Waals surface area contributed by atoms with Gasteiger partial charge in [-0.1, -0.05) is 39.0 Å². The minimum absolute atomic E-state index is 0.0264. The predicted molar refractivity (Wildman–Crippen MR) is 56.8 cm³/mol. The minimum atomic E-state index is -3.77. The first-order valence-electron chi connectivity index (χ1n) is 5.48. The smallest absolute Gasteiger partial charge is 0.265 e. The van der Waals surface area contributed by atoms with Crippen LogP contribution in [0.1, 0.15) is 45.4 Å². The third-order valence-corrected chi connectivity index (χ3v) is 4.02. The van der Waals surface area contributed by atoms with Gasteiger partial charge >= 0.3 is 0 Å². The fraction of sp³-hybridized carbons (Fsp3) is 1.00. The van der Waals surface area contributed by atoms with Gasteiger partial charge in [0.25, 0.3) is 10.1 Å². The fourth-order valence-corrected chi connectivity index (χ4v) is 3.43. The van der Waals surface area contributed by atoms with E-state index in [0.717, 1.165) is 32.1 Å². The molecule has 0 heterocycles. The molecule has 1 rings (SSSR count). The second kappa shape index (κ2) is 5.12. The molecule has 4 heteroatoms. The molecule has 0 radical (unpaired) electrons. The van der Waals surface area contributed by atoms with E-state index in [1.165, 1.54) is 6.42 Å². The summed E-state index contributed by atoms with van der Waals surface area (Å²) >= 11 is 0. The highest BCUT2D eigenvalue weighted by Gasteiger charge is 2.29. The molecule has 0 aliphatic heterocycles. The molecule has 1 aliphatic rings. The predicted octanol–water partition coefficient (Wildman–Crippen LogP) is 2.48. The second-order valence-corrected chi connectivity index (χ2v) is 5.84. The van der Waals surface area contributed by atoms with E-state index in [4.69, 9.17) is 4.55 Å². The van der Waals surface area contributed by atoms with Gasteiger partial charge in [0.05, 0.1) is 5.75 Å². The van der Waals surface area contributed by atoms with Gasteiger partial charge in [-0.3, -0.25) is 4.55 Å². The minimum Gasteiger partial charge on any atom is -0.286 e. The zero-order valence-corrected chi connectivity index (χ0v) is 9.59. The average molecular weight is 220 g/mol. The van der Waals surface area contributed by atoms with Crippen LogP contribution in [0.15, 0.2) is 0 Å². The quantitative estimate of drug-likeness (QED) is 0.724. The molecule has 1 aliphatic carbocycles. The van der Waals surface area contributed by atoms with E-state index < -0.39 is 10.1 Å². The van der Waals surface area contributed by atoms with Crippen LogP contribution in [0.3, 0.4) is 0 Å². The van der Waals surface area contributed by atoms with Gasteiger partial charge in [0, 0.05) is 0 Å². The summed E-state index contributed by atoms with van der Waals surface area (Å²) in [6, 6.07) is 0. The first-order chi connectivity index (χ1) is 6.53. The molecule has 2 atom stereocenters. The van der Waals surface area contributed by atoms with Crippen molar-refractivity contribution in [3.63, 3.8) is 0 Å². The molecular weight excluding hydrogens is 200 g/mol. The summed E-state index contributed by atoms with van der Waals surface area (Å²) in [6.45, 7) is 2.15. The summed E-state index contributed by atoms with van der Waals surface area (Å²) < 4.78 is 30.3. The highest BCUT2D eigenvalue weighted by Crippen LogP contribution is 2.35. The van der Waals surface area contributed by atoms with Crippen molar-refractivity contribution in [2.75, 3.05) is 5.75 Å². The van der Waals surface area contributed by atoms with E-state index in [1.54, 1.807) is 0 Å². The molecule has 1 fully saturated rings. The van der Waals surface area contributed by atoms with Crippen LogP contribution in [0, 0.1) is 11.8 Å². The third kappa shape index (κ3) is 3.96. The monoisotopic (exact) mass is 220 g/mol. The molecule has 84 valence electrons. The molecule has 1 N–H and O–H groups in total. The van der Waals surface area contributed by atoms with E-state index in [2.05, 4.69) is 6.92 Å². The van der Waals surface area contributed by atoms with Crippen LogP contribution < -0.4 is 0 Å². The summed E-state index contributed by atoms with van der Waals surface area (Å²) in [5.74, 6) is 0.704. The van der Waals surface area contributed by atoms with E-state index in [0.29, 0.717) is 5.92 Å². The lowest BCUT2D eigenvalue weighted by molar-refractivity contribution is 0.370. The van der Waals surface area contributed by atoms with Crippen molar-refractivity contribution in [2.45, 2.75) is 45.4 Å². The highest BCUT2D eigenvalue weighted by atomic mass is 32.2. The lowest BCUT2D eigenvalue weighted by atomic mass is 9.92. The van der Waals surface area contributed by atoms with E-state index >= 15 is 0 Å². The van der Waals surface area contributed by atoms with Gasteiger partial charge < -0.3 is 0 Å². The van der Waals surface area contributed by atoms with Crippen LogP contribution in [-0.4, -0.2) is 18.7 Å². The topological polar surface area (TPSA) is 54.4 Å². The Kier molecular flexibility index (Phi) is 4.38. The normalized spacial score (nSPS) is 28.1. The fourth-order valence-electron chi connectivity index (χ4n) is 2.45. The van der Waals surface area contributed by atoms with Crippen molar-refractivity contribution in [3.05, 3.63) is 0 Å². The Balaban J connectivity index is 2.43. The summed E-state index contributed by atoms with van der Waals surface area (Å²) in [5.41, 5.74) is 0. The van der Waals surface area contributed by atoms with E-state index in [1.807, 2.05) is 0 Å². The van der Waals surface area contributed by atoms with Crippen LogP contribution >= 0.6 is 0 Å². The van der Waals surface area contributed by atoms with Gasteiger partial charge in [-0.2, -0.15) is 8.42 Å². The molecule has 1 unspecified atom stereocenters. The maximum atomic E-state index is 10.8. The summed E-state index contributed by atoms with van der Waals surface area (Å²) in [5, 5.41) is 0. The molecule has 0 spiro atoms. The van der Waals surface area contributed by atoms with Crippen molar-refractivity contribution in [1.82, 2.24) is 0 Å². The first-order valence-corrected chi connectivity index (χ1v) is 7.09. The van der Waals surface area contributed by atoms with Crippen molar-refractivity contribution >= 4 is 10.1 Å². The Morgan fingerprint density at radius 2 is 1.93 bits per heavy atom. The number of rotatable bonds is 5. The average Bonchev–Trinajstić information content (AvgIpc) is 2.45. The summed E-state index contributed by atoms with van der Waals surface area (Å²) in [4.78, 5) is 0. The second-order valence-electron chi connectivity index (χ2n) is 4.34.